The van der Waals surface area contributed by atoms with Crippen molar-refractivity contribution in [2.45, 2.75) is 45.1 Å². The number of carbonyl (C=O) groups is 2. The van der Waals surface area contributed by atoms with E-state index in [4.69, 9.17) is 5.73 Å². The number of carbonyl (C=O) groups excluding carboxylic acids is 2. The standard InChI is InChI=1S/C28H32FN7O2/c1-4-23(37)32-20-6-5-7-21(16-20)33-24-22(29)17-31-26(36-24)35-19-10-8-18(9-11-19)34-25(38)27(2)12-14-28(3,30)15-13-27/h4-11,16-17H,1,12-15,30H2,2-3H3,(H,32,37)(H,34,38)(H2,31,33,35,36). The van der Waals surface area contributed by atoms with Gasteiger partial charge in [0.1, 0.15) is 0 Å². The molecule has 10 heteroatoms. The lowest BCUT2D eigenvalue weighted by Crippen LogP contribution is -2.46. The van der Waals surface area contributed by atoms with E-state index in [9.17, 15) is 14.0 Å². The van der Waals surface area contributed by atoms with E-state index in [-0.39, 0.29) is 29.1 Å². The highest BCUT2D eigenvalue weighted by molar-refractivity contribution is 5.99. The highest BCUT2D eigenvalue weighted by atomic mass is 19.1. The SMILES string of the molecule is C=CC(=O)Nc1cccc(Nc2nc(Nc3ccc(NC(=O)C4(C)CCC(C)(N)CC4)cc3)ncc2F)c1. The summed E-state index contributed by atoms with van der Waals surface area (Å²) in [5, 5.41) is 11.6. The molecule has 1 aliphatic rings. The van der Waals surface area contributed by atoms with Crippen molar-refractivity contribution in [2.24, 2.45) is 11.1 Å². The van der Waals surface area contributed by atoms with Gasteiger partial charge in [0.05, 0.1) is 6.20 Å². The lowest BCUT2D eigenvalue weighted by molar-refractivity contribution is -0.127. The molecule has 198 valence electrons. The van der Waals surface area contributed by atoms with Crippen LogP contribution in [0.5, 0.6) is 0 Å². The first-order valence-corrected chi connectivity index (χ1v) is 12.4. The summed E-state index contributed by atoms with van der Waals surface area (Å²) in [6.07, 6.45) is 5.34. The monoisotopic (exact) mass is 517 g/mol. The predicted octanol–water partition coefficient (Wildman–Crippen LogP) is 5.46. The number of aromatic nitrogens is 2. The molecule has 0 radical (unpaired) electrons. The van der Waals surface area contributed by atoms with Crippen LogP contribution < -0.4 is 27.0 Å². The van der Waals surface area contributed by atoms with Crippen LogP contribution in [-0.4, -0.2) is 27.3 Å². The molecule has 0 spiro atoms. The third-order valence-corrected chi connectivity index (χ3v) is 6.77. The molecule has 1 aliphatic carbocycles. The molecule has 0 atom stereocenters. The van der Waals surface area contributed by atoms with Gasteiger partial charge in [-0.15, -0.1) is 0 Å². The molecule has 6 N–H and O–H groups in total. The summed E-state index contributed by atoms with van der Waals surface area (Å²) in [7, 11) is 0. The van der Waals surface area contributed by atoms with Gasteiger partial charge in [0.2, 0.25) is 17.8 Å². The maximum atomic E-state index is 14.4. The van der Waals surface area contributed by atoms with Crippen LogP contribution >= 0.6 is 0 Å². The first-order valence-electron chi connectivity index (χ1n) is 12.4. The normalized spacial score (nSPS) is 20.7. The second-order valence-corrected chi connectivity index (χ2v) is 10.2. The van der Waals surface area contributed by atoms with Gasteiger partial charge >= 0.3 is 0 Å². The molecule has 1 saturated carbocycles. The van der Waals surface area contributed by atoms with E-state index >= 15 is 0 Å². The zero-order chi connectivity index (χ0) is 27.3. The number of hydrogen-bond acceptors (Lipinski definition) is 7. The van der Waals surface area contributed by atoms with Crippen LogP contribution in [0.15, 0.2) is 67.4 Å². The van der Waals surface area contributed by atoms with E-state index < -0.39 is 11.2 Å². The lowest BCUT2D eigenvalue weighted by atomic mass is 9.69. The Labute approximate surface area is 221 Å². The van der Waals surface area contributed by atoms with Gasteiger partial charge in [-0.05, 0) is 81.1 Å². The Hall–Kier alpha value is -4.31. The number of amides is 2. The van der Waals surface area contributed by atoms with Crippen molar-refractivity contribution in [1.82, 2.24) is 9.97 Å². The fraction of sp³-hybridized carbons (Fsp3) is 0.286. The van der Waals surface area contributed by atoms with E-state index in [2.05, 4.69) is 37.8 Å². The fourth-order valence-electron chi connectivity index (χ4n) is 4.17. The van der Waals surface area contributed by atoms with Crippen molar-refractivity contribution in [1.29, 1.82) is 0 Å². The van der Waals surface area contributed by atoms with Crippen molar-refractivity contribution < 1.29 is 14.0 Å². The summed E-state index contributed by atoms with van der Waals surface area (Å²) in [6, 6.07) is 13.9. The van der Waals surface area contributed by atoms with Crippen molar-refractivity contribution >= 4 is 46.3 Å². The number of nitrogens with zero attached hydrogens (tertiary/aromatic N) is 2. The van der Waals surface area contributed by atoms with Crippen LogP contribution in [0, 0.1) is 11.2 Å². The van der Waals surface area contributed by atoms with E-state index in [1.165, 1.54) is 0 Å². The number of hydrogen-bond donors (Lipinski definition) is 5. The second kappa shape index (κ2) is 11.0. The highest BCUT2D eigenvalue weighted by Gasteiger charge is 2.40. The molecule has 38 heavy (non-hydrogen) atoms. The highest BCUT2D eigenvalue weighted by Crippen LogP contribution is 2.40. The van der Waals surface area contributed by atoms with Gasteiger partial charge in [-0.1, -0.05) is 19.6 Å². The Morgan fingerprint density at radius 2 is 1.61 bits per heavy atom. The minimum Gasteiger partial charge on any atom is -0.338 e. The third-order valence-electron chi connectivity index (χ3n) is 6.77. The van der Waals surface area contributed by atoms with Crippen LogP contribution in [0.3, 0.4) is 0 Å². The van der Waals surface area contributed by atoms with Crippen LogP contribution in [-0.2, 0) is 9.59 Å². The molecule has 0 unspecified atom stereocenters. The summed E-state index contributed by atoms with van der Waals surface area (Å²) in [4.78, 5) is 32.7. The Bertz CT molecular complexity index is 1330. The average Bonchev–Trinajstić information content (AvgIpc) is 2.89. The lowest BCUT2D eigenvalue weighted by Gasteiger charge is -2.40. The van der Waals surface area contributed by atoms with Gasteiger partial charge in [0, 0.05) is 33.7 Å². The first-order chi connectivity index (χ1) is 18.0. The fourth-order valence-corrected chi connectivity index (χ4v) is 4.17. The second-order valence-electron chi connectivity index (χ2n) is 10.2. The average molecular weight is 518 g/mol. The van der Waals surface area contributed by atoms with Gasteiger partial charge in [-0.2, -0.15) is 4.98 Å². The van der Waals surface area contributed by atoms with Crippen molar-refractivity contribution in [3.63, 3.8) is 0 Å². The summed E-state index contributed by atoms with van der Waals surface area (Å²) < 4.78 is 14.4. The molecule has 1 fully saturated rings. The number of anilines is 6. The van der Waals surface area contributed by atoms with Crippen LogP contribution in [0.25, 0.3) is 0 Å². The Morgan fingerprint density at radius 1 is 0.947 bits per heavy atom. The van der Waals surface area contributed by atoms with Gasteiger partial charge < -0.3 is 27.0 Å². The molecular weight excluding hydrogens is 485 g/mol. The van der Waals surface area contributed by atoms with Gasteiger partial charge in [-0.3, -0.25) is 9.59 Å². The van der Waals surface area contributed by atoms with E-state index in [0.29, 0.717) is 22.7 Å². The summed E-state index contributed by atoms with van der Waals surface area (Å²) in [6.45, 7) is 7.44. The summed E-state index contributed by atoms with van der Waals surface area (Å²) >= 11 is 0. The molecule has 4 rings (SSSR count). The van der Waals surface area contributed by atoms with E-state index in [1.807, 2.05) is 13.8 Å². The Balaban J connectivity index is 1.39. The van der Waals surface area contributed by atoms with Crippen LogP contribution in [0.1, 0.15) is 39.5 Å². The van der Waals surface area contributed by atoms with E-state index in [0.717, 1.165) is 38.0 Å². The van der Waals surface area contributed by atoms with Crippen molar-refractivity contribution in [2.75, 3.05) is 21.3 Å². The quantitative estimate of drug-likeness (QED) is 0.250. The minimum atomic E-state index is -0.639. The van der Waals surface area contributed by atoms with Gasteiger partial charge in [-0.25, -0.2) is 9.37 Å². The molecule has 1 heterocycles. The molecule has 3 aromatic rings. The number of halogens is 1. The molecular formula is C28H32FN7O2. The van der Waals surface area contributed by atoms with Gasteiger partial charge in [0.25, 0.3) is 0 Å². The molecule has 0 saturated heterocycles. The third kappa shape index (κ3) is 6.71. The topological polar surface area (TPSA) is 134 Å². The molecule has 0 aliphatic heterocycles. The zero-order valence-electron chi connectivity index (χ0n) is 21.5. The predicted molar refractivity (Wildman–Crippen MR) is 148 cm³/mol. The summed E-state index contributed by atoms with van der Waals surface area (Å²) in [5.74, 6) is -0.858. The first kappa shape index (κ1) is 26.7. The van der Waals surface area contributed by atoms with E-state index in [1.54, 1.807) is 48.5 Å². The zero-order valence-corrected chi connectivity index (χ0v) is 21.5. The number of nitrogens with two attached hydrogens (primary N) is 1. The molecule has 9 nitrogen and oxygen atoms in total. The number of nitrogens with one attached hydrogen (secondary N) is 4. The smallest absolute Gasteiger partial charge is 0.247 e. The van der Waals surface area contributed by atoms with Gasteiger partial charge in [0.15, 0.2) is 11.6 Å². The molecule has 2 amide bonds. The Morgan fingerprint density at radius 3 is 2.29 bits per heavy atom. The van der Waals surface area contributed by atoms with Crippen molar-refractivity contribution in [3.05, 3.63) is 73.2 Å². The maximum Gasteiger partial charge on any atom is 0.247 e. The number of benzene rings is 2. The van der Waals surface area contributed by atoms with Crippen LogP contribution in [0.4, 0.5) is 38.9 Å². The largest absolute Gasteiger partial charge is 0.338 e. The Kier molecular flexibility index (Phi) is 7.72. The number of rotatable bonds is 8. The minimum absolute atomic E-state index is 0.0144. The maximum absolute atomic E-state index is 14.4. The van der Waals surface area contributed by atoms with Crippen molar-refractivity contribution in [3.8, 4) is 0 Å². The summed E-state index contributed by atoms with van der Waals surface area (Å²) in [5.41, 5.74) is 7.96. The molecule has 1 aromatic heterocycles. The molecule has 2 aromatic carbocycles. The van der Waals surface area contributed by atoms with Crippen LogP contribution in [0.2, 0.25) is 0 Å². The molecule has 0 bridgehead atoms.